The fraction of sp³-hybridized carbons (Fsp3) is 1.00. The largest absolute Gasteiger partial charge is 0.395 e. The van der Waals surface area contributed by atoms with E-state index in [-0.39, 0.29) is 6.61 Å². The van der Waals surface area contributed by atoms with Gasteiger partial charge >= 0.3 is 0 Å². The Labute approximate surface area is 87.7 Å². The molecule has 14 heavy (non-hydrogen) atoms. The molecule has 0 amide bonds. The molecule has 0 aromatic heterocycles. The van der Waals surface area contributed by atoms with Crippen molar-refractivity contribution in [3.05, 3.63) is 0 Å². The Bertz CT molecular complexity index is 173. The third kappa shape index (κ3) is 2.94. The van der Waals surface area contributed by atoms with Crippen molar-refractivity contribution in [1.29, 1.82) is 0 Å². The first-order valence-corrected chi connectivity index (χ1v) is 5.59. The van der Waals surface area contributed by atoms with Gasteiger partial charge in [0.2, 0.25) is 0 Å². The van der Waals surface area contributed by atoms with Crippen LogP contribution in [0.2, 0.25) is 0 Å². The summed E-state index contributed by atoms with van der Waals surface area (Å²) >= 11 is 0. The van der Waals surface area contributed by atoms with Crippen LogP contribution in [-0.2, 0) is 0 Å². The highest BCUT2D eigenvalue weighted by atomic mass is 16.3. The molecule has 1 rings (SSSR count). The molecular formula is C11H24N2O. The van der Waals surface area contributed by atoms with E-state index in [0.29, 0.717) is 18.0 Å². The van der Waals surface area contributed by atoms with E-state index < -0.39 is 0 Å². The van der Waals surface area contributed by atoms with Gasteiger partial charge in [0.25, 0.3) is 0 Å². The van der Waals surface area contributed by atoms with Crippen LogP contribution in [0.5, 0.6) is 0 Å². The van der Waals surface area contributed by atoms with Crippen molar-refractivity contribution in [3.8, 4) is 0 Å². The lowest BCUT2D eigenvalue weighted by atomic mass is 10.1. The quantitative estimate of drug-likeness (QED) is 0.724. The predicted octanol–water partition coefficient (Wildman–Crippen LogP) is 0.639. The second-order valence-electron chi connectivity index (χ2n) is 4.97. The Hall–Kier alpha value is -0.120. The van der Waals surface area contributed by atoms with Gasteiger partial charge in [0, 0.05) is 31.7 Å². The molecule has 1 aliphatic heterocycles. The molecule has 0 aromatic carbocycles. The second kappa shape index (κ2) is 5.10. The van der Waals surface area contributed by atoms with E-state index in [0.717, 1.165) is 19.6 Å². The summed E-state index contributed by atoms with van der Waals surface area (Å²) in [5, 5.41) is 9.31. The van der Waals surface area contributed by atoms with Crippen molar-refractivity contribution in [2.45, 2.75) is 32.9 Å². The maximum absolute atomic E-state index is 9.31. The Balaban J connectivity index is 2.53. The zero-order valence-electron chi connectivity index (χ0n) is 9.90. The molecule has 0 spiro atoms. The summed E-state index contributed by atoms with van der Waals surface area (Å²) in [4.78, 5) is 4.76. The highest BCUT2D eigenvalue weighted by molar-refractivity contribution is 4.85. The number of aliphatic hydroxyl groups is 1. The summed E-state index contributed by atoms with van der Waals surface area (Å²) < 4.78 is 0. The van der Waals surface area contributed by atoms with E-state index in [4.69, 9.17) is 0 Å². The molecule has 1 fully saturated rings. The number of likely N-dealkylation sites (N-methyl/N-ethyl adjacent to an activating group) is 1. The first-order chi connectivity index (χ1) is 6.54. The summed E-state index contributed by atoms with van der Waals surface area (Å²) in [7, 11) is 2.14. The maximum atomic E-state index is 9.31. The first-order valence-electron chi connectivity index (χ1n) is 5.59. The summed E-state index contributed by atoms with van der Waals surface area (Å²) in [6.07, 6.45) is 0. The van der Waals surface area contributed by atoms with E-state index in [2.05, 4.69) is 37.6 Å². The Morgan fingerprint density at radius 1 is 1.36 bits per heavy atom. The fourth-order valence-electron chi connectivity index (χ4n) is 2.12. The molecule has 2 atom stereocenters. The average molecular weight is 200 g/mol. The van der Waals surface area contributed by atoms with Gasteiger partial charge in [-0.3, -0.25) is 4.90 Å². The zero-order chi connectivity index (χ0) is 10.7. The van der Waals surface area contributed by atoms with Gasteiger partial charge in [-0.1, -0.05) is 13.8 Å². The lowest BCUT2D eigenvalue weighted by Gasteiger charge is -2.43. The van der Waals surface area contributed by atoms with Gasteiger partial charge in [-0.05, 0) is 19.9 Å². The van der Waals surface area contributed by atoms with Gasteiger partial charge in [0.05, 0.1) is 6.61 Å². The molecule has 1 heterocycles. The standard InChI is InChI=1S/C11H24N2O/c1-9(2)5-13-6-10(3)12(4)7-11(13)8-14/h9-11,14H,5-8H2,1-4H3. The molecule has 3 nitrogen and oxygen atoms in total. The summed E-state index contributed by atoms with van der Waals surface area (Å²) in [5.41, 5.74) is 0. The van der Waals surface area contributed by atoms with Gasteiger partial charge in [-0.15, -0.1) is 0 Å². The van der Waals surface area contributed by atoms with Gasteiger partial charge < -0.3 is 10.0 Å². The third-order valence-corrected chi connectivity index (χ3v) is 3.08. The molecular weight excluding hydrogens is 176 g/mol. The van der Waals surface area contributed by atoms with Gasteiger partial charge in [0.15, 0.2) is 0 Å². The Kier molecular flexibility index (Phi) is 4.35. The smallest absolute Gasteiger partial charge is 0.0599 e. The number of piperazine rings is 1. The van der Waals surface area contributed by atoms with Crippen LogP contribution in [0.3, 0.4) is 0 Å². The van der Waals surface area contributed by atoms with Crippen LogP contribution in [0, 0.1) is 5.92 Å². The second-order valence-corrected chi connectivity index (χ2v) is 4.97. The van der Waals surface area contributed by atoms with E-state index in [1.165, 1.54) is 0 Å². The van der Waals surface area contributed by atoms with Crippen LogP contribution in [-0.4, -0.2) is 60.3 Å². The zero-order valence-corrected chi connectivity index (χ0v) is 9.90. The van der Waals surface area contributed by atoms with Crippen molar-refractivity contribution in [2.24, 2.45) is 5.92 Å². The molecule has 84 valence electrons. The van der Waals surface area contributed by atoms with Crippen molar-refractivity contribution < 1.29 is 5.11 Å². The number of nitrogens with zero attached hydrogens (tertiary/aromatic N) is 2. The van der Waals surface area contributed by atoms with Crippen LogP contribution in [0.25, 0.3) is 0 Å². The average Bonchev–Trinajstić information content (AvgIpc) is 2.10. The molecule has 0 saturated carbocycles. The highest BCUT2D eigenvalue weighted by Gasteiger charge is 2.28. The van der Waals surface area contributed by atoms with E-state index in [9.17, 15) is 5.11 Å². The van der Waals surface area contributed by atoms with Crippen LogP contribution in [0.1, 0.15) is 20.8 Å². The topological polar surface area (TPSA) is 26.7 Å². The van der Waals surface area contributed by atoms with Crippen LogP contribution < -0.4 is 0 Å². The summed E-state index contributed by atoms with van der Waals surface area (Å²) in [6.45, 7) is 10.2. The molecule has 0 bridgehead atoms. The van der Waals surface area contributed by atoms with E-state index in [1.54, 1.807) is 0 Å². The molecule has 1 aliphatic rings. The van der Waals surface area contributed by atoms with Crippen LogP contribution >= 0.6 is 0 Å². The summed E-state index contributed by atoms with van der Waals surface area (Å²) in [6, 6.07) is 0.940. The third-order valence-electron chi connectivity index (χ3n) is 3.08. The van der Waals surface area contributed by atoms with Gasteiger partial charge in [0.1, 0.15) is 0 Å². The van der Waals surface area contributed by atoms with Gasteiger partial charge in [-0.25, -0.2) is 0 Å². The number of rotatable bonds is 3. The molecule has 2 unspecified atom stereocenters. The number of hydrogen-bond acceptors (Lipinski definition) is 3. The lowest BCUT2D eigenvalue weighted by Crippen LogP contribution is -2.57. The molecule has 1 N–H and O–H groups in total. The number of hydrogen-bond donors (Lipinski definition) is 1. The molecule has 0 aliphatic carbocycles. The van der Waals surface area contributed by atoms with Crippen molar-refractivity contribution in [1.82, 2.24) is 9.80 Å². The molecule has 3 heteroatoms. The lowest BCUT2D eigenvalue weighted by molar-refractivity contribution is 0.0160. The van der Waals surface area contributed by atoms with Gasteiger partial charge in [-0.2, -0.15) is 0 Å². The molecule has 0 radical (unpaired) electrons. The highest BCUT2D eigenvalue weighted by Crippen LogP contribution is 2.14. The number of aliphatic hydroxyl groups excluding tert-OH is 1. The minimum atomic E-state index is 0.282. The van der Waals surface area contributed by atoms with Crippen molar-refractivity contribution in [2.75, 3.05) is 33.3 Å². The maximum Gasteiger partial charge on any atom is 0.0599 e. The van der Waals surface area contributed by atoms with E-state index in [1.807, 2.05) is 0 Å². The minimum Gasteiger partial charge on any atom is -0.395 e. The Morgan fingerprint density at radius 3 is 2.50 bits per heavy atom. The predicted molar refractivity (Wildman–Crippen MR) is 59.4 cm³/mol. The van der Waals surface area contributed by atoms with Crippen molar-refractivity contribution in [3.63, 3.8) is 0 Å². The molecule has 1 saturated heterocycles. The van der Waals surface area contributed by atoms with Crippen LogP contribution in [0.15, 0.2) is 0 Å². The summed E-state index contributed by atoms with van der Waals surface area (Å²) in [5.74, 6) is 0.680. The first kappa shape index (κ1) is 12.0. The molecule has 0 aromatic rings. The van der Waals surface area contributed by atoms with Crippen molar-refractivity contribution >= 4 is 0 Å². The Morgan fingerprint density at radius 2 is 2.00 bits per heavy atom. The minimum absolute atomic E-state index is 0.282. The fourth-order valence-corrected chi connectivity index (χ4v) is 2.12. The van der Waals surface area contributed by atoms with E-state index >= 15 is 0 Å². The normalized spacial score (nSPS) is 31.3. The monoisotopic (exact) mass is 200 g/mol. The SMILES string of the molecule is CC(C)CN1CC(C)N(C)CC1CO. The van der Waals surface area contributed by atoms with Crippen LogP contribution in [0.4, 0.5) is 0 Å².